The first-order chi connectivity index (χ1) is 9.90. The van der Waals surface area contributed by atoms with Gasteiger partial charge in [-0.25, -0.2) is 0 Å². The van der Waals surface area contributed by atoms with Crippen LogP contribution in [-0.2, 0) is 11.8 Å². The third-order valence-corrected chi connectivity index (χ3v) is 6.98. The zero-order chi connectivity index (χ0) is 15.3. The molecule has 21 heavy (non-hydrogen) atoms. The summed E-state index contributed by atoms with van der Waals surface area (Å²) >= 11 is 0. The molecule has 0 radical (unpaired) electrons. The summed E-state index contributed by atoms with van der Waals surface area (Å²) in [5, 5.41) is 0. The molecule has 2 aliphatic carbocycles. The van der Waals surface area contributed by atoms with Crippen molar-refractivity contribution in [3.05, 3.63) is 34.9 Å². The van der Waals surface area contributed by atoms with Crippen LogP contribution in [0.25, 0.3) is 0 Å². The Morgan fingerprint density at radius 3 is 2.67 bits per heavy atom. The van der Waals surface area contributed by atoms with Crippen LogP contribution in [0.4, 0.5) is 0 Å². The lowest BCUT2D eigenvalue weighted by Crippen LogP contribution is -2.48. The smallest absolute Gasteiger partial charge is 0 e. The lowest BCUT2D eigenvalue weighted by atomic mass is 9.49. The number of hydrogen-bond acceptors (Lipinski definition) is 0. The molecule has 3 rings (SSSR count). The average molecular weight is 287 g/mol. The van der Waals surface area contributed by atoms with Gasteiger partial charge in [0.15, 0.2) is 0 Å². The summed E-state index contributed by atoms with van der Waals surface area (Å²) in [7, 11) is 0. The van der Waals surface area contributed by atoms with E-state index in [-0.39, 0.29) is 1.43 Å². The molecule has 118 valence electrons. The van der Waals surface area contributed by atoms with Crippen molar-refractivity contribution in [2.75, 3.05) is 0 Å². The van der Waals surface area contributed by atoms with Crippen LogP contribution in [0.2, 0.25) is 0 Å². The lowest BCUT2D eigenvalue weighted by Gasteiger charge is -2.55. The molecule has 2 aliphatic rings. The fourth-order valence-electron chi connectivity index (χ4n) is 5.43. The van der Waals surface area contributed by atoms with E-state index in [9.17, 15) is 0 Å². The zero-order valence-corrected chi connectivity index (χ0v) is 14.6. The molecule has 0 heteroatoms. The van der Waals surface area contributed by atoms with Crippen molar-refractivity contribution in [2.45, 2.75) is 84.5 Å². The monoisotopic (exact) mass is 286 g/mol. The van der Waals surface area contributed by atoms with Gasteiger partial charge in [-0.1, -0.05) is 65.7 Å². The molecule has 1 unspecified atom stereocenters. The van der Waals surface area contributed by atoms with Crippen molar-refractivity contribution in [3.8, 4) is 0 Å². The molecule has 1 aromatic carbocycles. The molecular formula is C21H34. The third kappa shape index (κ3) is 2.26. The Morgan fingerprint density at radius 2 is 2.00 bits per heavy atom. The van der Waals surface area contributed by atoms with Gasteiger partial charge in [0.1, 0.15) is 0 Å². The Kier molecular flexibility index (Phi) is 3.71. The van der Waals surface area contributed by atoms with Gasteiger partial charge in [0.05, 0.1) is 0 Å². The maximum absolute atomic E-state index is 2.57. The predicted molar refractivity (Wildman–Crippen MR) is 94.1 cm³/mol. The van der Waals surface area contributed by atoms with Crippen LogP contribution in [0.5, 0.6) is 0 Å². The van der Waals surface area contributed by atoms with Crippen molar-refractivity contribution in [1.82, 2.24) is 0 Å². The van der Waals surface area contributed by atoms with Crippen LogP contribution in [0.1, 0.15) is 90.8 Å². The molecule has 0 nitrogen and oxygen atoms in total. The van der Waals surface area contributed by atoms with E-state index in [2.05, 4.69) is 52.8 Å². The molecule has 0 saturated heterocycles. The third-order valence-electron chi connectivity index (χ3n) is 6.98. The Balaban J connectivity index is 0.00000176. The normalized spacial score (nSPS) is 35.4. The van der Waals surface area contributed by atoms with Gasteiger partial charge in [0.25, 0.3) is 0 Å². The summed E-state index contributed by atoms with van der Waals surface area (Å²) in [6, 6.07) is 7.40. The SMILES string of the molecule is CC[C@]1(C)CCC[C@]2(C)c3ccc(C(C)C)cc3CCC12.[HH]. The summed E-state index contributed by atoms with van der Waals surface area (Å²) in [4.78, 5) is 0. The van der Waals surface area contributed by atoms with Crippen molar-refractivity contribution < 1.29 is 1.43 Å². The number of hydrogen-bond donors (Lipinski definition) is 0. The quantitative estimate of drug-likeness (QED) is 0.584. The van der Waals surface area contributed by atoms with Crippen molar-refractivity contribution in [1.29, 1.82) is 0 Å². The Bertz CT molecular complexity index is 533. The van der Waals surface area contributed by atoms with E-state index < -0.39 is 0 Å². The average Bonchev–Trinajstić information content (AvgIpc) is 2.46. The highest BCUT2D eigenvalue weighted by atomic mass is 14.5. The van der Waals surface area contributed by atoms with Gasteiger partial charge in [0.2, 0.25) is 0 Å². The molecule has 0 N–H and O–H groups in total. The molecule has 1 saturated carbocycles. The van der Waals surface area contributed by atoms with E-state index in [1.54, 1.807) is 11.1 Å². The van der Waals surface area contributed by atoms with Crippen LogP contribution < -0.4 is 0 Å². The first kappa shape index (κ1) is 15.1. The molecule has 3 atom stereocenters. The minimum Gasteiger partial charge on any atom is -0.0649 e. The second-order valence-corrected chi connectivity index (χ2v) is 8.44. The molecule has 0 bridgehead atoms. The van der Waals surface area contributed by atoms with Crippen molar-refractivity contribution in [2.24, 2.45) is 11.3 Å². The van der Waals surface area contributed by atoms with Crippen LogP contribution >= 0.6 is 0 Å². The molecule has 1 aromatic rings. The van der Waals surface area contributed by atoms with Crippen LogP contribution in [0.15, 0.2) is 18.2 Å². The van der Waals surface area contributed by atoms with Gasteiger partial charge >= 0.3 is 0 Å². The largest absolute Gasteiger partial charge is 0.0649 e. The van der Waals surface area contributed by atoms with Crippen molar-refractivity contribution in [3.63, 3.8) is 0 Å². The summed E-state index contributed by atoms with van der Waals surface area (Å²) < 4.78 is 0. The van der Waals surface area contributed by atoms with Crippen LogP contribution in [0, 0.1) is 11.3 Å². The number of fused-ring (bicyclic) bond motifs is 3. The standard InChI is InChI=1S/C21H32.H2/c1-6-20(4)12-7-13-21(5)18-10-8-16(15(2)3)14-17(18)9-11-19(20)21;/h8,10,14-15,19H,6-7,9,11-13H2,1-5H3;1H/t19?,20-,21-;/m1./s1. The van der Waals surface area contributed by atoms with Crippen LogP contribution in [-0.4, -0.2) is 0 Å². The van der Waals surface area contributed by atoms with Gasteiger partial charge in [-0.05, 0) is 65.0 Å². The molecule has 0 spiro atoms. The van der Waals surface area contributed by atoms with E-state index in [4.69, 9.17) is 0 Å². The first-order valence-electron chi connectivity index (χ1n) is 9.04. The van der Waals surface area contributed by atoms with Gasteiger partial charge in [-0.2, -0.15) is 0 Å². The summed E-state index contributed by atoms with van der Waals surface area (Å²) in [5.74, 6) is 1.52. The van der Waals surface area contributed by atoms with Crippen molar-refractivity contribution >= 4 is 0 Å². The topological polar surface area (TPSA) is 0 Å². The fraction of sp³-hybridized carbons (Fsp3) is 0.714. The minimum atomic E-state index is 0. The van der Waals surface area contributed by atoms with E-state index >= 15 is 0 Å². The number of aryl methyl sites for hydroxylation is 1. The zero-order valence-electron chi connectivity index (χ0n) is 14.6. The van der Waals surface area contributed by atoms with Gasteiger partial charge < -0.3 is 0 Å². The molecule has 0 amide bonds. The van der Waals surface area contributed by atoms with E-state index in [1.807, 2.05) is 0 Å². The van der Waals surface area contributed by atoms with Gasteiger partial charge in [-0.15, -0.1) is 0 Å². The molecular weight excluding hydrogens is 252 g/mol. The highest BCUT2D eigenvalue weighted by molar-refractivity contribution is 5.42. The minimum absolute atomic E-state index is 0. The first-order valence-corrected chi connectivity index (χ1v) is 9.04. The highest BCUT2D eigenvalue weighted by Gasteiger charge is 2.50. The number of benzene rings is 1. The molecule has 0 aliphatic heterocycles. The highest BCUT2D eigenvalue weighted by Crippen LogP contribution is 2.58. The lowest BCUT2D eigenvalue weighted by molar-refractivity contribution is 0.0226. The van der Waals surface area contributed by atoms with Gasteiger partial charge in [0, 0.05) is 1.43 Å². The van der Waals surface area contributed by atoms with E-state index in [0.29, 0.717) is 16.7 Å². The van der Waals surface area contributed by atoms with E-state index in [1.165, 1.54) is 44.1 Å². The number of rotatable bonds is 2. The second kappa shape index (κ2) is 5.14. The molecule has 1 fully saturated rings. The Labute approximate surface area is 132 Å². The maximum atomic E-state index is 2.57. The fourth-order valence-corrected chi connectivity index (χ4v) is 5.43. The maximum Gasteiger partial charge on any atom is 0 e. The summed E-state index contributed by atoms with van der Waals surface area (Å²) in [6.07, 6.45) is 8.26. The Morgan fingerprint density at radius 1 is 1.24 bits per heavy atom. The molecule has 0 aromatic heterocycles. The van der Waals surface area contributed by atoms with Crippen LogP contribution in [0.3, 0.4) is 0 Å². The van der Waals surface area contributed by atoms with E-state index in [0.717, 1.165) is 5.92 Å². The summed E-state index contributed by atoms with van der Waals surface area (Å²) in [6.45, 7) is 12.1. The summed E-state index contributed by atoms with van der Waals surface area (Å²) in [5.41, 5.74) is 5.83. The predicted octanol–water partition coefficient (Wildman–Crippen LogP) is 6.48. The Hall–Kier alpha value is -0.780. The molecule has 0 heterocycles. The second-order valence-electron chi connectivity index (χ2n) is 8.44. The van der Waals surface area contributed by atoms with Gasteiger partial charge in [-0.3, -0.25) is 0 Å².